The van der Waals surface area contributed by atoms with Crippen molar-refractivity contribution >= 4 is 11.6 Å². The number of rotatable bonds is 3. The van der Waals surface area contributed by atoms with Gasteiger partial charge in [0.25, 0.3) is 5.91 Å². The van der Waals surface area contributed by atoms with Crippen LogP contribution in [-0.4, -0.2) is 13.0 Å². The largest absolute Gasteiger partial charge is 0.497 e. The van der Waals surface area contributed by atoms with Crippen LogP contribution in [0.15, 0.2) is 42.5 Å². The maximum Gasteiger partial charge on any atom is 0.416 e. The summed E-state index contributed by atoms with van der Waals surface area (Å²) in [5, 5.41) is 2.24. The molecule has 2 rings (SSSR count). The van der Waals surface area contributed by atoms with Gasteiger partial charge in [0.05, 0.1) is 18.2 Å². The minimum Gasteiger partial charge on any atom is -0.497 e. The lowest BCUT2D eigenvalue weighted by Crippen LogP contribution is -2.17. The molecule has 0 aliphatic rings. The third-order valence-electron chi connectivity index (χ3n) is 3.20. The van der Waals surface area contributed by atoms with Crippen molar-refractivity contribution in [1.82, 2.24) is 0 Å². The Bertz CT molecular complexity index is 733. The van der Waals surface area contributed by atoms with Gasteiger partial charge in [0.1, 0.15) is 5.75 Å². The van der Waals surface area contributed by atoms with E-state index in [1.54, 1.807) is 0 Å². The summed E-state index contributed by atoms with van der Waals surface area (Å²) < 4.78 is 81.7. The lowest BCUT2D eigenvalue weighted by atomic mass is 10.0. The van der Waals surface area contributed by atoms with Crippen LogP contribution in [0.4, 0.5) is 32.0 Å². The summed E-state index contributed by atoms with van der Waals surface area (Å²) in [6.45, 7) is 0. The second-order valence-corrected chi connectivity index (χ2v) is 4.98. The number of anilines is 1. The zero-order valence-electron chi connectivity index (χ0n) is 12.6. The Hall–Kier alpha value is -2.71. The van der Waals surface area contributed by atoms with Crippen LogP contribution in [0, 0.1) is 0 Å². The summed E-state index contributed by atoms with van der Waals surface area (Å²) in [7, 11) is 1.41. The van der Waals surface area contributed by atoms with Gasteiger partial charge in [0, 0.05) is 11.3 Å². The van der Waals surface area contributed by atoms with Gasteiger partial charge in [-0.25, -0.2) is 0 Å². The number of ether oxygens (including phenoxy) is 1. The summed E-state index contributed by atoms with van der Waals surface area (Å²) in [5.74, 6) is -0.627. The summed E-state index contributed by atoms with van der Waals surface area (Å²) in [5.41, 5.74) is -3.67. The third-order valence-corrected chi connectivity index (χ3v) is 3.20. The fourth-order valence-corrected chi connectivity index (χ4v) is 1.96. The SMILES string of the molecule is COc1ccc(NC(=O)c2cc(C(F)(F)F)cc(C(F)(F)F)c2)cc1. The van der Waals surface area contributed by atoms with Gasteiger partial charge in [-0.15, -0.1) is 0 Å². The molecule has 0 unspecified atom stereocenters. The molecule has 2 aromatic rings. The number of carbonyl (C=O) groups excluding carboxylic acids is 1. The Kier molecular flexibility index (Phi) is 4.96. The Morgan fingerprint density at radius 3 is 1.76 bits per heavy atom. The quantitative estimate of drug-likeness (QED) is 0.781. The van der Waals surface area contributed by atoms with E-state index in [-0.39, 0.29) is 11.8 Å². The molecule has 0 heterocycles. The average Bonchev–Trinajstić information content (AvgIpc) is 2.53. The normalized spacial score (nSPS) is 12.0. The molecule has 3 nitrogen and oxygen atoms in total. The minimum absolute atomic E-state index is 0.0375. The molecule has 0 fully saturated rings. The number of hydrogen-bond acceptors (Lipinski definition) is 2. The number of hydrogen-bond donors (Lipinski definition) is 1. The molecule has 0 aromatic heterocycles. The van der Waals surface area contributed by atoms with E-state index in [2.05, 4.69) is 5.32 Å². The van der Waals surface area contributed by atoms with Crippen molar-refractivity contribution in [3.63, 3.8) is 0 Å². The first kappa shape index (κ1) is 18.6. The van der Waals surface area contributed by atoms with Crippen molar-refractivity contribution in [3.05, 3.63) is 59.2 Å². The zero-order chi connectivity index (χ0) is 18.8. The molecular formula is C16H11F6NO2. The van der Waals surface area contributed by atoms with Crippen molar-refractivity contribution in [3.8, 4) is 5.75 Å². The van der Waals surface area contributed by atoms with E-state index >= 15 is 0 Å². The van der Waals surface area contributed by atoms with Crippen LogP contribution in [0.1, 0.15) is 21.5 Å². The summed E-state index contributed by atoms with van der Waals surface area (Å²) >= 11 is 0. The second kappa shape index (κ2) is 6.66. The molecule has 134 valence electrons. The van der Waals surface area contributed by atoms with Crippen molar-refractivity contribution in [1.29, 1.82) is 0 Å². The van der Waals surface area contributed by atoms with E-state index in [4.69, 9.17) is 4.74 Å². The fourth-order valence-electron chi connectivity index (χ4n) is 1.96. The van der Waals surface area contributed by atoms with E-state index in [1.165, 1.54) is 31.4 Å². The first-order chi connectivity index (χ1) is 11.5. The topological polar surface area (TPSA) is 38.3 Å². The zero-order valence-corrected chi connectivity index (χ0v) is 12.6. The summed E-state index contributed by atoms with van der Waals surface area (Å²) in [6, 6.07) is 6.45. The molecule has 1 amide bonds. The molecule has 25 heavy (non-hydrogen) atoms. The lowest BCUT2D eigenvalue weighted by Gasteiger charge is -2.14. The van der Waals surface area contributed by atoms with E-state index < -0.39 is 35.0 Å². The van der Waals surface area contributed by atoms with Crippen LogP contribution >= 0.6 is 0 Å². The van der Waals surface area contributed by atoms with Crippen LogP contribution in [-0.2, 0) is 12.4 Å². The van der Waals surface area contributed by atoms with Crippen molar-refractivity contribution < 1.29 is 35.9 Å². The number of carbonyl (C=O) groups is 1. The number of methoxy groups -OCH3 is 1. The van der Waals surface area contributed by atoms with E-state index in [0.717, 1.165) is 0 Å². The molecule has 0 spiro atoms. The number of benzene rings is 2. The van der Waals surface area contributed by atoms with Gasteiger partial charge in [-0.05, 0) is 42.5 Å². The van der Waals surface area contributed by atoms with Gasteiger partial charge in [0.15, 0.2) is 0 Å². The van der Waals surface area contributed by atoms with Crippen LogP contribution in [0.3, 0.4) is 0 Å². The van der Waals surface area contributed by atoms with Crippen molar-refractivity contribution in [2.24, 2.45) is 0 Å². The molecule has 9 heteroatoms. The molecular weight excluding hydrogens is 352 g/mol. The van der Waals surface area contributed by atoms with Crippen LogP contribution in [0.25, 0.3) is 0 Å². The molecule has 0 atom stereocenters. The number of halogens is 6. The molecule has 0 saturated heterocycles. The van der Waals surface area contributed by atoms with Crippen molar-refractivity contribution in [2.75, 3.05) is 12.4 Å². The highest BCUT2D eigenvalue weighted by Gasteiger charge is 2.37. The second-order valence-electron chi connectivity index (χ2n) is 4.98. The minimum atomic E-state index is -5.02. The maximum atomic E-state index is 12.8. The van der Waals surface area contributed by atoms with Crippen LogP contribution < -0.4 is 10.1 Å². The van der Waals surface area contributed by atoms with Gasteiger partial charge in [-0.2, -0.15) is 26.3 Å². The average molecular weight is 363 g/mol. The molecule has 1 N–H and O–H groups in total. The van der Waals surface area contributed by atoms with Gasteiger partial charge in [-0.1, -0.05) is 0 Å². The highest BCUT2D eigenvalue weighted by atomic mass is 19.4. The van der Waals surface area contributed by atoms with Crippen molar-refractivity contribution in [2.45, 2.75) is 12.4 Å². The van der Waals surface area contributed by atoms with Gasteiger partial charge < -0.3 is 10.1 Å². The smallest absolute Gasteiger partial charge is 0.416 e. The standard InChI is InChI=1S/C16H11F6NO2/c1-25-13-4-2-12(3-5-13)23-14(24)9-6-10(15(17,18)19)8-11(7-9)16(20,21)22/h2-8H,1H3,(H,23,24). The van der Waals surface area contributed by atoms with Gasteiger partial charge in [0.2, 0.25) is 0 Å². The lowest BCUT2D eigenvalue weighted by molar-refractivity contribution is -0.143. The highest BCUT2D eigenvalue weighted by molar-refractivity contribution is 6.04. The predicted octanol–water partition coefficient (Wildman–Crippen LogP) is 4.99. The van der Waals surface area contributed by atoms with E-state index in [9.17, 15) is 31.1 Å². The highest BCUT2D eigenvalue weighted by Crippen LogP contribution is 2.36. The third kappa shape index (κ3) is 4.65. The molecule has 0 radical (unpaired) electrons. The van der Waals surface area contributed by atoms with Gasteiger partial charge in [-0.3, -0.25) is 4.79 Å². The Labute approximate surface area is 138 Å². The Morgan fingerprint density at radius 2 is 1.36 bits per heavy atom. The maximum absolute atomic E-state index is 12.8. The first-order valence-corrected chi connectivity index (χ1v) is 6.75. The van der Waals surface area contributed by atoms with E-state index in [0.29, 0.717) is 17.9 Å². The number of alkyl halides is 6. The monoisotopic (exact) mass is 363 g/mol. The van der Waals surface area contributed by atoms with E-state index in [1.807, 2.05) is 0 Å². The molecule has 0 bridgehead atoms. The fraction of sp³-hybridized carbons (Fsp3) is 0.188. The molecule has 0 saturated carbocycles. The van der Waals surface area contributed by atoms with Gasteiger partial charge >= 0.3 is 12.4 Å². The summed E-state index contributed by atoms with van der Waals surface area (Å²) in [6.07, 6.45) is -10.0. The van der Waals surface area contributed by atoms with Crippen LogP contribution in [0.2, 0.25) is 0 Å². The van der Waals surface area contributed by atoms with Crippen LogP contribution in [0.5, 0.6) is 5.75 Å². The summed E-state index contributed by atoms with van der Waals surface area (Å²) in [4.78, 5) is 12.0. The Morgan fingerprint density at radius 1 is 0.880 bits per heavy atom. The Balaban J connectivity index is 2.37. The molecule has 0 aliphatic heterocycles. The predicted molar refractivity (Wildman–Crippen MR) is 77.4 cm³/mol. The molecule has 2 aromatic carbocycles. The number of amides is 1. The molecule has 0 aliphatic carbocycles. The first-order valence-electron chi connectivity index (χ1n) is 6.75. The number of nitrogens with one attached hydrogen (secondary N) is 1.